The van der Waals surface area contributed by atoms with Gasteiger partial charge in [-0.25, -0.2) is 4.68 Å². The zero-order valence-corrected chi connectivity index (χ0v) is 21.2. The maximum absolute atomic E-state index is 13.6. The van der Waals surface area contributed by atoms with Gasteiger partial charge in [-0.2, -0.15) is 4.98 Å². The lowest BCUT2D eigenvalue weighted by Gasteiger charge is -2.28. The van der Waals surface area contributed by atoms with Crippen molar-refractivity contribution in [3.05, 3.63) is 107 Å². The third-order valence-corrected chi connectivity index (χ3v) is 7.00. The fourth-order valence-electron chi connectivity index (χ4n) is 4.24. The van der Waals surface area contributed by atoms with E-state index in [2.05, 4.69) is 16.7 Å². The molecule has 1 aromatic heterocycles. The molecule has 36 heavy (non-hydrogen) atoms. The van der Waals surface area contributed by atoms with E-state index < -0.39 is 6.04 Å². The highest BCUT2D eigenvalue weighted by molar-refractivity contribution is 7.98. The fraction of sp³-hybridized carbons (Fsp3) is 0.179. The molecule has 0 unspecified atom stereocenters. The number of benzene rings is 3. The zero-order valence-electron chi connectivity index (χ0n) is 20.4. The summed E-state index contributed by atoms with van der Waals surface area (Å²) in [5, 5.41) is 11.8. The number of fused-ring (bicyclic) bond motifs is 1. The minimum atomic E-state index is -0.412. The van der Waals surface area contributed by atoms with Crippen molar-refractivity contribution < 1.29 is 9.53 Å². The second kappa shape index (κ2) is 10.3. The summed E-state index contributed by atoms with van der Waals surface area (Å²) in [5.41, 5.74) is 5.22. The summed E-state index contributed by atoms with van der Waals surface area (Å²) >= 11 is 1.54. The monoisotopic (exact) mass is 497 g/mol. The Morgan fingerprint density at radius 3 is 2.61 bits per heavy atom. The first kappa shape index (κ1) is 23.7. The predicted molar refractivity (Wildman–Crippen MR) is 143 cm³/mol. The minimum absolute atomic E-state index is 0.171. The SMILES string of the molecule is COc1cccc(CSc2nc3n(n2)[C@@H](c2ccccc2)C(C(=O)Nc2ccccc2C)=C(C)N3)c1. The number of hydrogen-bond donors (Lipinski definition) is 2. The Labute approximate surface area is 214 Å². The average Bonchev–Trinajstić information content (AvgIpc) is 3.31. The number of aryl methyl sites for hydroxylation is 1. The Bertz CT molecular complexity index is 1430. The molecule has 1 aliphatic heterocycles. The van der Waals surface area contributed by atoms with E-state index in [4.69, 9.17) is 14.8 Å². The van der Waals surface area contributed by atoms with E-state index in [1.54, 1.807) is 18.9 Å². The number of carbonyl (C=O) groups excluding carboxylic acids is 1. The number of ether oxygens (including phenoxy) is 1. The van der Waals surface area contributed by atoms with Crippen molar-refractivity contribution in [2.24, 2.45) is 0 Å². The summed E-state index contributed by atoms with van der Waals surface area (Å²) in [5.74, 6) is 1.96. The molecule has 2 heterocycles. The molecule has 3 aromatic carbocycles. The number of hydrogen-bond acceptors (Lipinski definition) is 6. The number of para-hydroxylation sites is 1. The molecule has 0 bridgehead atoms. The number of thioether (sulfide) groups is 1. The van der Waals surface area contributed by atoms with Crippen LogP contribution in [-0.2, 0) is 10.5 Å². The Kier molecular flexibility index (Phi) is 6.77. The number of anilines is 2. The Morgan fingerprint density at radius 1 is 1.06 bits per heavy atom. The molecule has 2 N–H and O–H groups in total. The van der Waals surface area contributed by atoms with Gasteiger partial charge in [0.2, 0.25) is 11.1 Å². The van der Waals surface area contributed by atoms with Crippen LogP contribution in [0.25, 0.3) is 0 Å². The topological polar surface area (TPSA) is 81.1 Å². The number of allylic oxidation sites excluding steroid dienone is 1. The molecular formula is C28H27N5O2S. The van der Waals surface area contributed by atoms with Crippen LogP contribution in [0.15, 0.2) is 95.3 Å². The Morgan fingerprint density at radius 2 is 1.83 bits per heavy atom. The molecule has 5 rings (SSSR count). The van der Waals surface area contributed by atoms with Gasteiger partial charge in [0, 0.05) is 17.1 Å². The van der Waals surface area contributed by atoms with E-state index in [1.165, 1.54) is 0 Å². The molecule has 1 atom stereocenters. The minimum Gasteiger partial charge on any atom is -0.497 e. The van der Waals surface area contributed by atoms with E-state index >= 15 is 0 Å². The van der Waals surface area contributed by atoms with Crippen LogP contribution in [0.1, 0.15) is 29.7 Å². The van der Waals surface area contributed by atoms with Gasteiger partial charge in [-0.15, -0.1) is 5.10 Å². The van der Waals surface area contributed by atoms with Gasteiger partial charge < -0.3 is 15.4 Å². The summed E-state index contributed by atoms with van der Waals surface area (Å²) in [6, 6.07) is 25.2. The molecule has 182 valence electrons. The number of methoxy groups -OCH3 is 1. The molecule has 4 aromatic rings. The van der Waals surface area contributed by atoms with Crippen molar-refractivity contribution in [1.82, 2.24) is 14.8 Å². The summed E-state index contributed by atoms with van der Waals surface area (Å²) in [4.78, 5) is 18.3. The molecule has 0 radical (unpaired) electrons. The predicted octanol–water partition coefficient (Wildman–Crippen LogP) is 5.82. The third kappa shape index (κ3) is 4.85. The highest BCUT2D eigenvalue weighted by Gasteiger charge is 2.34. The number of amides is 1. The van der Waals surface area contributed by atoms with E-state index in [0.717, 1.165) is 33.8 Å². The number of carbonyl (C=O) groups is 1. The first-order valence-corrected chi connectivity index (χ1v) is 12.6. The van der Waals surface area contributed by atoms with Crippen molar-refractivity contribution in [2.75, 3.05) is 17.7 Å². The number of nitrogens with zero attached hydrogens (tertiary/aromatic N) is 3. The van der Waals surface area contributed by atoms with Crippen LogP contribution in [0.4, 0.5) is 11.6 Å². The molecule has 0 saturated heterocycles. The van der Waals surface area contributed by atoms with Crippen molar-refractivity contribution >= 4 is 29.3 Å². The number of rotatable bonds is 7. The van der Waals surface area contributed by atoms with Gasteiger partial charge in [0.15, 0.2) is 0 Å². The lowest BCUT2D eigenvalue weighted by molar-refractivity contribution is -0.113. The summed E-state index contributed by atoms with van der Waals surface area (Å²) in [6.45, 7) is 3.88. The van der Waals surface area contributed by atoms with Gasteiger partial charge >= 0.3 is 0 Å². The highest BCUT2D eigenvalue weighted by atomic mass is 32.2. The second-order valence-electron chi connectivity index (χ2n) is 8.55. The first-order valence-electron chi connectivity index (χ1n) is 11.7. The average molecular weight is 498 g/mol. The molecule has 0 fully saturated rings. The first-order chi connectivity index (χ1) is 17.5. The molecule has 7 nitrogen and oxygen atoms in total. The van der Waals surface area contributed by atoms with Gasteiger partial charge in [0.1, 0.15) is 11.8 Å². The summed E-state index contributed by atoms with van der Waals surface area (Å²) in [7, 11) is 1.66. The second-order valence-corrected chi connectivity index (χ2v) is 9.49. The highest BCUT2D eigenvalue weighted by Crippen LogP contribution is 2.37. The summed E-state index contributed by atoms with van der Waals surface area (Å²) in [6.07, 6.45) is 0. The maximum atomic E-state index is 13.6. The quantitative estimate of drug-likeness (QED) is 0.314. The van der Waals surface area contributed by atoms with Gasteiger partial charge in [0.25, 0.3) is 5.91 Å². The van der Waals surface area contributed by atoms with Crippen LogP contribution in [0.5, 0.6) is 5.75 Å². The third-order valence-electron chi connectivity index (χ3n) is 6.09. The fourth-order valence-corrected chi connectivity index (χ4v) is 5.02. The van der Waals surface area contributed by atoms with Crippen LogP contribution < -0.4 is 15.4 Å². The van der Waals surface area contributed by atoms with Gasteiger partial charge in [-0.1, -0.05) is 72.4 Å². The molecule has 1 amide bonds. The van der Waals surface area contributed by atoms with E-state index in [9.17, 15) is 4.79 Å². The van der Waals surface area contributed by atoms with Crippen LogP contribution in [0.3, 0.4) is 0 Å². The molecule has 0 spiro atoms. The molecule has 0 saturated carbocycles. The lowest BCUT2D eigenvalue weighted by Crippen LogP contribution is -2.31. The Hall–Kier alpha value is -4.04. The van der Waals surface area contributed by atoms with Crippen molar-refractivity contribution in [1.29, 1.82) is 0 Å². The standard InChI is InChI=1S/C28H27N5O2S/c1-18-10-7-8-15-23(18)30-26(34)24-19(2)29-27-31-28(36-17-20-11-9-14-22(16-20)35-3)32-33(27)25(24)21-12-5-4-6-13-21/h4-16,25H,17H2,1-3H3,(H,30,34)(H,29,31,32)/t25-/m0/s1. The number of nitrogens with one attached hydrogen (secondary N) is 2. The van der Waals surface area contributed by atoms with E-state index in [1.807, 2.05) is 91.3 Å². The van der Waals surface area contributed by atoms with Crippen LogP contribution in [-0.4, -0.2) is 27.8 Å². The largest absolute Gasteiger partial charge is 0.497 e. The molecule has 0 aliphatic carbocycles. The smallest absolute Gasteiger partial charge is 0.255 e. The number of aromatic nitrogens is 3. The van der Waals surface area contributed by atoms with E-state index in [0.29, 0.717) is 22.4 Å². The van der Waals surface area contributed by atoms with Crippen LogP contribution in [0, 0.1) is 6.92 Å². The van der Waals surface area contributed by atoms with E-state index in [-0.39, 0.29) is 5.91 Å². The Balaban J connectivity index is 1.46. The summed E-state index contributed by atoms with van der Waals surface area (Å²) < 4.78 is 7.14. The zero-order chi connectivity index (χ0) is 25.1. The lowest BCUT2D eigenvalue weighted by atomic mass is 9.95. The van der Waals surface area contributed by atoms with Crippen molar-refractivity contribution in [3.8, 4) is 5.75 Å². The van der Waals surface area contributed by atoms with Crippen LogP contribution >= 0.6 is 11.8 Å². The van der Waals surface area contributed by atoms with Gasteiger partial charge in [-0.3, -0.25) is 4.79 Å². The molecule has 1 aliphatic rings. The van der Waals surface area contributed by atoms with Crippen molar-refractivity contribution in [3.63, 3.8) is 0 Å². The van der Waals surface area contributed by atoms with Crippen LogP contribution in [0.2, 0.25) is 0 Å². The normalized spacial score (nSPS) is 14.7. The van der Waals surface area contributed by atoms with Gasteiger partial charge in [-0.05, 0) is 48.7 Å². The van der Waals surface area contributed by atoms with Gasteiger partial charge in [0.05, 0.1) is 12.7 Å². The maximum Gasteiger partial charge on any atom is 0.255 e. The molecular weight excluding hydrogens is 470 g/mol. The molecule has 8 heteroatoms. The van der Waals surface area contributed by atoms with Crippen molar-refractivity contribution in [2.45, 2.75) is 30.8 Å².